The van der Waals surface area contributed by atoms with E-state index in [1.165, 1.54) is 25.3 Å². The van der Waals surface area contributed by atoms with Crippen LogP contribution < -0.4 is 11.1 Å². The lowest BCUT2D eigenvalue weighted by Crippen LogP contribution is -2.12. The maximum Gasteiger partial charge on any atom is 0.251 e. The predicted molar refractivity (Wildman–Crippen MR) is 122 cm³/mol. The Labute approximate surface area is 193 Å². The first-order chi connectivity index (χ1) is 15.5. The first kappa shape index (κ1) is 24.7. The molecule has 0 radical (unpaired) electrons. The Kier molecular flexibility index (Phi) is 7.40. The van der Waals surface area contributed by atoms with Crippen LogP contribution in [0, 0.1) is 11.6 Å². The second-order valence-corrected chi connectivity index (χ2v) is 10.6. The topological polar surface area (TPSA) is 135 Å². The van der Waals surface area contributed by atoms with Gasteiger partial charge >= 0.3 is 0 Å². The van der Waals surface area contributed by atoms with Crippen LogP contribution in [0.1, 0.15) is 48.1 Å². The number of rotatable bonds is 9. The van der Waals surface area contributed by atoms with Crippen molar-refractivity contribution in [3.05, 3.63) is 59.0 Å². The highest BCUT2D eigenvalue weighted by Gasteiger charge is 2.22. The molecule has 0 spiro atoms. The molecule has 2 aromatic heterocycles. The number of hydrogen-bond acceptors (Lipinski definition) is 8. The summed E-state index contributed by atoms with van der Waals surface area (Å²) in [4.78, 5) is 20.1. The van der Waals surface area contributed by atoms with E-state index in [0.29, 0.717) is 0 Å². The summed E-state index contributed by atoms with van der Waals surface area (Å²) in [6.45, 7) is 3.19. The molecule has 4 N–H and O–H groups in total. The van der Waals surface area contributed by atoms with E-state index in [9.17, 15) is 27.1 Å². The first-order valence-corrected chi connectivity index (χ1v) is 12.6. The first-order valence-electron chi connectivity index (χ1n) is 9.95. The van der Waals surface area contributed by atoms with Crippen LogP contribution in [0.5, 0.6) is 0 Å². The van der Waals surface area contributed by atoms with Gasteiger partial charge in [0.05, 0.1) is 17.2 Å². The van der Waals surface area contributed by atoms with Crippen molar-refractivity contribution in [2.24, 2.45) is 5.73 Å². The zero-order valence-corrected chi connectivity index (χ0v) is 19.4. The molecule has 3 aromatic rings. The number of nitrogens with one attached hydrogen (secondary N) is 1. The van der Waals surface area contributed by atoms with Gasteiger partial charge in [-0.3, -0.25) is 4.79 Å². The van der Waals surface area contributed by atoms with Crippen LogP contribution in [-0.2, 0) is 15.6 Å². The number of amides is 1. The van der Waals surface area contributed by atoms with Crippen molar-refractivity contribution in [2.45, 2.75) is 32.1 Å². The number of primary amides is 1. The highest BCUT2D eigenvalue weighted by atomic mass is 32.2. The number of anilines is 2. The van der Waals surface area contributed by atoms with E-state index in [0.717, 1.165) is 23.5 Å². The van der Waals surface area contributed by atoms with Crippen molar-refractivity contribution in [3.63, 3.8) is 0 Å². The summed E-state index contributed by atoms with van der Waals surface area (Å²) >= 11 is 0.875. The molecule has 0 fully saturated rings. The standard InChI is InChI=1S/C21H22F2N4O4S2/c1-3-15(28)11-7-13(22)19(14(23)8-11)16-9-12(20(24)29)21(32-16)27-17-5-6-25-18(26-17)10-33(30,31)4-2/h5-9,15,28H,3-4,10H2,1-2H3,(H2,24,29)(H,25,26,27). The van der Waals surface area contributed by atoms with Crippen LogP contribution in [0.3, 0.4) is 0 Å². The van der Waals surface area contributed by atoms with Gasteiger partial charge in [0.25, 0.3) is 5.91 Å². The molecule has 12 heteroatoms. The van der Waals surface area contributed by atoms with Crippen molar-refractivity contribution in [3.8, 4) is 10.4 Å². The third-order valence-corrected chi connectivity index (χ3v) is 7.46. The van der Waals surface area contributed by atoms with E-state index in [1.54, 1.807) is 6.92 Å². The van der Waals surface area contributed by atoms with Gasteiger partial charge in [-0.1, -0.05) is 13.8 Å². The van der Waals surface area contributed by atoms with Crippen molar-refractivity contribution < 1.29 is 27.1 Å². The van der Waals surface area contributed by atoms with Gasteiger partial charge in [0.1, 0.15) is 34.0 Å². The number of aliphatic hydroxyl groups is 1. The molecule has 0 bridgehead atoms. The second kappa shape index (κ2) is 9.89. The zero-order chi connectivity index (χ0) is 24.3. The molecule has 1 amide bonds. The molecule has 33 heavy (non-hydrogen) atoms. The average molecular weight is 497 g/mol. The van der Waals surface area contributed by atoms with E-state index in [4.69, 9.17) is 5.73 Å². The molecule has 1 atom stereocenters. The van der Waals surface area contributed by atoms with Crippen LogP contribution in [0.4, 0.5) is 19.6 Å². The summed E-state index contributed by atoms with van der Waals surface area (Å²) in [5, 5.41) is 12.9. The Morgan fingerprint density at radius 1 is 1.24 bits per heavy atom. The van der Waals surface area contributed by atoms with Crippen molar-refractivity contribution in [1.82, 2.24) is 9.97 Å². The van der Waals surface area contributed by atoms with E-state index in [-0.39, 0.29) is 56.1 Å². The van der Waals surface area contributed by atoms with Crippen LogP contribution in [-0.4, -0.2) is 35.2 Å². The lowest BCUT2D eigenvalue weighted by atomic mass is 10.0. The Hall–Kier alpha value is -2.96. The molecule has 8 nitrogen and oxygen atoms in total. The smallest absolute Gasteiger partial charge is 0.251 e. The molecule has 0 aliphatic rings. The minimum Gasteiger partial charge on any atom is -0.388 e. The lowest BCUT2D eigenvalue weighted by molar-refractivity contribution is 0.100. The highest BCUT2D eigenvalue weighted by Crippen LogP contribution is 2.39. The van der Waals surface area contributed by atoms with Crippen LogP contribution in [0.2, 0.25) is 0 Å². The molecule has 2 heterocycles. The molecule has 1 aromatic carbocycles. The van der Waals surface area contributed by atoms with Crippen molar-refractivity contribution in [1.29, 1.82) is 0 Å². The number of sulfone groups is 1. The SMILES string of the molecule is CCC(O)c1cc(F)c(-c2cc(C(N)=O)c(Nc3ccnc(CS(=O)(=O)CC)n3)s2)c(F)c1. The number of aliphatic hydroxyl groups excluding tert-OH is 1. The lowest BCUT2D eigenvalue weighted by Gasteiger charge is -2.11. The number of carbonyl (C=O) groups is 1. The molecule has 0 aliphatic carbocycles. The summed E-state index contributed by atoms with van der Waals surface area (Å²) in [5.41, 5.74) is 5.17. The summed E-state index contributed by atoms with van der Waals surface area (Å²) < 4.78 is 53.2. The van der Waals surface area contributed by atoms with Gasteiger partial charge in [0.2, 0.25) is 0 Å². The Bertz CT molecular complexity index is 1270. The Balaban J connectivity index is 1.99. The van der Waals surface area contributed by atoms with Crippen LogP contribution >= 0.6 is 11.3 Å². The van der Waals surface area contributed by atoms with Gasteiger partial charge in [-0.15, -0.1) is 11.3 Å². The largest absolute Gasteiger partial charge is 0.388 e. The van der Waals surface area contributed by atoms with E-state index in [2.05, 4.69) is 15.3 Å². The minimum atomic E-state index is -3.36. The molecular formula is C21H22F2N4O4S2. The number of benzene rings is 1. The summed E-state index contributed by atoms with van der Waals surface area (Å²) in [6.07, 6.45) is 0.636. The van der Waals surface area contributed by atoms with Crippen LogP contribution in [0.25, 0.3) is 10.4 Å². The number of nitrogens with zero attached hydrogens (tertiary/aromatic N) is 2. The third-order valence-electron chi connectivity index (χ3n) is 4.82. The van der Waals surface area contributed by atoms with Gasteiger partial charge in [-0.2, -0.15) is 0 Å². The van der Waals surface area contributed by atoms with Gasteiger partial charge in [-0.05, 0) is 36.2 Å². The second-order valence-electron chi connectivity index (χ2n) is 7.16. The molecular weight excluding hydrogens is 474 g/mol. The Morgan fingerprint density at radius 3 is 2.48 bits per heavy atom. The number of halogens is 2. The van der Waals surface area contributed by atoms with Gasteiger partial charge in [0.15, 0.2) is 9.84 Å². The number of nitrogens with two attached hydrogens (primary N) is 1. The van der Waals surface area contributed by atoms with Crippen molar-refractivity contribution in [2.75, 3.05) is 11.1 Å². The fourth-order valence-corrected chi connectivity index (χ4v) is 4.86. The maximum absolute atomic E-state index is 14.7. The molecule has 0 aliphatic heterocycles. The Morgan fingerprint density at radius 2 is 1.91 bits per heavy atom. The van der Waals surface area contributed by atoms with Gasteiger partial charge in [-0.25, -0.2) is 27.2 Å². The summed E-state index contributed by atoms with van der Waals surface area (Å²) in [7, 11) is -3.36. The number of aromatic nitrogens is 2. The summed E-state index contributed by atoms with van der Waals surface area (Å²) in [6, 6.07) is 4.81. The molecule has 0 saturated carbocycles. The number of thiophene rings is 1. The molecule has 176 valence electrons. The number of hydrogen-bond donors (Lipinski definition) is 3. The maximum atomic E-state index is 14.7. The van der Waals surface area contributed by atoms with Crippen LogP contribution in [0.15, 0.2) is 30.5 Å². The molecule has 3 rings (SSSR count). The fourth-order valence-electron chi connectivity index (χ4n) is 3.00. The quantitative estimate of drug-likeness (QED) is 0.411. The van der Waals surface area contributed by atoms with E-state index < -0.39 is 33.5 Å². The monoisotopic (exact) mass is 496 g/mol. The van der Waals surface area contributed by atoms with Gasteiger partial charge < -0.3 is 16.2 Å². The normalized spacial score (nSPS) is 12.5. The van der Waals surface area contributed by atoms with E-state index >= 15 is 0 Å². The zero-order valence-electron chi connectivity index (χ0n) is 17.8. The van der Waals surface area contributed by atoms with E-state index in [1.807, 2.05) is 0 Å². The third kappa shape index (κ3) is 5.70. The average Bonchev–Trinajstić information content (AvgIpc) is 3.16. The highest BCUT2D eigenvalue weighted by molar-refractivity contribution is 7.90. The van der Waals surface area contributed by atoms with Crippen molar-refractivity contribution >= 4 is 37.9 Å². The fraction of sp³-hybridized carbons (Fsp3) is 0.286. The van der Waals surface area contributed by atoms with Gasteiger partial charge in [0, 0.05) is 16.8 Å². The summed E-state index contributed by atoms with van der Waals surface area (Å²) in [5.74, 6) is -2.80. The number of carbonyl (C=O) groups excluding carboxylic acids is 1. The molecule has 1 unspecified atom stereocenters. The predicted octanol–water partition coefficient (Wildman–Crippen LogP) is 3.70. The molecule has 0 saturated heterocycles. The minimum absolute atomic E-state index is 0.0205.